The summed E-state index contributed by atoms with van der Waals surface area (Å²) in [5.41, 5.74) is 1.55. The van der Waals surface area contributed by atoms with Crippen LogP contribution in [0.15, 0.2) is 18.2 Å². The smallest absolute Gasteiger partial charge is 0.181 e. The zero-order valence-corrected chi connectivity index (χ0v) is 13.9. The minimum Gasteiger partial charge on any atom is -0.292 e. The standard InChI is InChI=1S/C19H31NO/c1-3-4-5-6-7-8-9-10-11-12-16-19(21)18-15-13-14-17(2)20-18/h13-15H,3-12,16H2,1-2H3. The molecular formula is C19H31NO. The Morgan fingerprint density at radius 3 is 2.05 bits per heavy atom. The normalized spacial score (nSPS) is 10.8. The quantitative estimate of drug-likeness (QED) is 0.355. The molecule has 1 aromatic heterocycles. The van der Waals surface area contributed by atoms with Gasteiger partial charge in [-0.2, -0.15) is 0 Å². The number of carbonyl (C=O) groups excluding carboxylic acids is 1. The largest absolute Gasteiger partial charge is 0.292 e. The van der Waals surface area contributed by atoms with Crippen molar-refractivity contribution < 1.29 is 4.79 Å². The Hall–Kier alpha value is -1.18. The molecular weight excluding hydrogens is 258 g/mol. The summed E-state index contributed by atoms with van der Waals surface area (Å²) in [7, 11) is 0. The molecule has 0 bridgehead atoms. The van der Waals surface area contributed by atoms with Gasteiger partial charge in [0.25, 0.3) is 0 Å². The van der Waals surface area contributed by atoms with Crippen molar-refractivity contribution in [1.29, 1.82) is 0 Å². The van der Waals surface area contributed by atoms with E-state index in [0.717, 1.165) is 12.1 Å². The average molecular weight is 289 g/mol. The first kappa shape index (κ1) is 17.9. The molecule has 1 heterocycles. The second kappa shape index (κ2) is 11.5. The number of aryl methyl sites for hydroxylation is 1. The Bertz CT molecular complexity index is 400. The van der Waals surface area contributed by atoms with Gasteiger partial charge in [0, 0.05) is 12.1 Å². The number of hydrogen-bond acceptors (Lipinski definition) is 2. The molecule has 0 atom stereocenters. The molecule has 0 radical (unpaired) electrons. The van der Waals surface area contributed by atoms with Gasteiger partial charge in [-0.3, -0.25) is 9.78 Å². The molecule has 21 heavy (non-hydrogen) atoms. The summed E-state index contributed by atoms with van der Waals surface area (Å²) >= 11 is 0. The minimum atomic E-state index is 0.193. The number of hydrogen-bond donors (Lipinski definition) is 0. The van der Waals surface area contributed by atoms with E-state index in [4.69, 9.17) is 0 Å². The molecule has 1 aromatic rings. The summed E-state index contributed by atoms with van der Waals surface area (Å²) in [5, 5.41) is 0. The molecule has 0 spiro atoms. The molecule has 0 saturated heterocycles. The van der Waals surface area contributed by atoms with Crippen molar-refractivity contribution in [3.8, 4) is 0 Å². The maximum atomic E-state index is 12.0. The zero-order chi connectivity index (χ0) is 15.3. The minimum absolute atomic E-state index is 0.193. The monoisotopic (exact) mass is 289 g/mol. The van der Waals surface area contributed by atoms with Crippen LogP contribution >= 0.6 is 0 Å². The van der Waals surface area contributed by atoms with E-state index in [0.29, 0.717) is 12.1 Å². The first-order valence-corrected chi connectivity index (χ1v) is 8.71. The van der Waals surface area contributed by atoms with E-state index < -0.39 is 0 Å². The van der Waals surface area contributed by atoms with Gasteiger partial charge in [-0.25, -0.2) is 0 Å². The van der Waals surface area contributed by atoms with Crippen LogP contribution < -0.4 is 0 Å². The van der Waals surface area contributed by atoms with E-state index in [9.17, 15) is 4.79 Å². The van der Waals surface area contributed by atoms with Crippen LogP contribution in [0.2, 0.25) is 0 Å². The van der Waals surface area contributed by atoms with Gasteiger partial charge in [-0.05, 0) is 25.5 Å². The van der Waals surface area contributed by atoms with Crippen molar-refractivity contribution >= 4 is 5.78 Å². The Labute approximate surface area is 130 Å². The summed E-state index contributed by atoms with van der Waals surface area (Å²) in [4.78, 5) is 16.3. The maximum Gasteiger partial charge on any atom is 0.181 e. The second-order valence-electron chi connectivity index (χ2n) is 6.02. The van der Waals surface area contributed by atoms with Crippen molar-refractivity contribution in [2.24, 2.45) is 0 Å². The third-order valence-corrected chi connectivity index (χ3v) is 3.93. The van der Waals surface area contributed by atoms with Gasteiger partial charge in [-0.1, -0.05) is 70.8 Å². The predicted molar refractivity (Wildman–Crippen MR) is 89.8 cm³/mol. The van der Waals surface area contributed by atoms with E-state index in [1.165, 1.54) is 57.8 Å². The number of carbonyl (C=O) groups is 1. The van der Waals surface area contributed by atoms with Crippen molar-refractivity contribution in [3.63, 3.8) is 0 Å². The third-order valence-electron chi connectivity index (χ3n) is 3.93. The number of Topliss-reactive ketones (excluding diaryl/α,β-unsaturated/α-hetero) is 1. The van der Waals surface area contributed by atoms with Crippen LogP contribution in [0.5, 0.6) is 0 Å². The van der Waals surface area contributed by atoms with Crippen LogP contribution in [0, 0.1) is 6.92 Å². The highest BCUT2D eigenvalue weighted by atomic mass is 16.1. The van der Waals surface area contributed by atoms with Gasteiger partial charge in [0.15, 0.2) is 5.78 Å². The van der Waals surface area contributed by atoms with E-state index in [1.54, 1.807) is 0 Å². The van der Waals surface area contributed by atoms with Gasteiger partial charge >= 0.3 is 0 Å². The Morgan fingerprint density at radius 1 is 0.905 bits per heavy atom. The molecule has 0 aliphatic carbocycles. The Kier molecular flexibility index (Phi) is 9.77. The SMILES string of the molecule is CCCCCCCCCCCCC(=O)c1cccc(C)n1. The molecule has 0 saturated carbocycles. The van der Waals surface area contributed by atoms with Gasteiger partial charge in [0.05, 0.1) is 0 Å². The Morgan fingerprint density at radius 2 is 1.48 bits per heavy atom. The number of nitrogens with zero attached hydrogens (tertiary/aromatic N) is 1. The van der Waals surface area contributed by atoms with Gasteiger partial charge in [0.1, 0.15) is 5.69 Å². The first-order valence-electron chi connectivity index (χ1n) is 8.71. The summed E-state index contributed by atoms with van der Waals surface area (Å²) in [6, 6.07) is 5.66. The molecule has 0 N–H and O–H groups in total. The average Bonchev–Trinajstić information content (AvgIpc) is 2.49. The number of pyridine rings is 1. The maximum absolute atomic E-state index is 12.0. The van der Waals surface area contributed by atoms with Gasteiger partial charge < -0.3 is 0 Å². The summed E-state index contributed by atoms with van der Waals surface area (Å²) < 4.78 is 0. The number of unbranched alkanes of at least 4 members (excludes halogenated alkanes) is 9. The lowest BCUT2D eigenvalue weighted by molar-refractivity contribution is 0.0974. The van der Waals surface area contributed by atoms with Crippen LogP contribution in [0.25, 0.3) is 0 Å². The number of rotatable bonds is 12. The topological polar surface area (TPSA) is 30.0 Å². The fourth-order valence-corrected chi connectivity index (χ4v) is 2.60. The number of aromatic nitrogens is 1. The zero-order valence-electron chi connectivity index (χ0n) is 13.9. The van der Waals surface area contributed by atoms with Crippen LogP contribution in [-0.4, -0.2) is 10.8 Å². The first-order chi connectivity index (χ1) is 10.2. The van der Waals surface area contributed by atoms with E-state index in [-0.39, 0.29) is 5.78 Å². The molecule has 0 amide bonds. The second-order valence-corrected chi connectivity index (χ2v) is 6.02. The van der Waals surface area contributed by atoms with Gasteiger partial charge in [-0.15, -0.1) is 0 Å². The molecule has 0 aliphatic heterocycles. The van der Waals surface area contributed by atoms with Gasteiger partial charge in [0.2, 0.25) is 0 Å². The van der Waals surface area contributed by atoms with Crippen molar-refractivity contribution in [1.82, 2.24) is 4.98 Å². The van der Waals surface area contributed by atoms with Crippen LogP contribution in [0.3, 0.4) is 0 Å². The fraction of sp³-hybridized carbons (Fsp3) is 0.684. The van der Waals surface area contributed by atoms with Crippen LogP contribution in [0.1, 0.15) is 93.7 Å². The lowest BCUT2D eigenvalue weighted by atomic mass is 10.0. The summed E-state index contributed by atoms with van der Waals surface area (Å²) in [6.07, 6.45) is 13.6. The van der Waals surface area contributed by atoms with E-state index in [2.05, 4.69) is 11.9 Å². The highest BCUT2D eigenvalue weighted by Crippen LogP contribution is 2.12. The lowest BCUT2D eigenvalue weighted by Crippen LogP contribution is -2.02. The molecule has 0 aliphatic rings. The Balaban J connectivity index is 1.98. The molecule has 2 nitrogen and oxygen atoms in total. The highest BCUT2D eigenvalue weighted by molar-refractivity contribution is 5.94. The lowest BCUT2D eigenvalue weighted by Gasteiger charge is -2.03. The molecule has 2 heteroatoms. The van der Waals surface area contributed by atoms with Crippen molar-refractivity contribution in [3.05, 3.63) is 29.6 Å². The predicted octanol–water partition coefficient (Wildman–Crippen LogP) is 5.88. The third kappa shape index (κ3) is 8.64. The summed E-state index contributed by atoms with van der Waals surface area (Å²) in [5.74, 6) is 0.193. The molecule has 118 valence electrons. The molecule has 0 aromatic carbocycles. The molecule has 1 rings (SSSR count). The summed E-state index contributed by atoms with van der Waals surface area (Å²) in [6.45, 7) is 4.19. The van der Waals surface area contributed by atoms with Crippen molar-refractivity contribution in [2.45, 2.75) is 84.5 Å². The van der Waals surface area contributed by atoms with Crippen molar-refractivity contribution in [2.75, 3.05) is 0 Å². The number of ketones is 1. The van der Waals surface area contributed by atoms with E-state index >= 15 is 0 Å². The molecule has 0 unspecified atom stereocenters. The molecule has 0 fully saturated rings. The fourth-order valence-electron chi connectivity index (χ4n) is 2.60. The highest BCUT2D eigenvalue weighted by Gasteiger charge is 2.06. The van der Waals surface area contributed by atoms with E-state index in [1.807, 2.05) is 25.1 Å². The van der Waals surface area contributed by atoms with Crippen LogP contribution in [-0.2, 0) is 0 Å². The van der Waals surface area contributed by atoms with Crippen LogP contribution in [0.4, 0.5) is 0 Å².